The summed E-state index contributed by atoms with van der Waals surface area (Å²) in [4.78, 5) is 0. The summed E-state index contributed by atoms with van der Waals surface area (Å²) in [5.41, 5.74) is 0.910. The molecule has 1 aromatic rings. The Morgan fingerprint density at radius 3 is 2.63 bits per heavy atom. The van der Waals surface area contributed by atoms with E-state index in [4.69, 9.17) is 9.47 Å². The molecule has 19 heavy (non-hydrogen) atoms. The SMILES string of the molecule is CNC(C)(CO)CCCOc1ccc(C)cc1OC. The van der Waals surface area contributed by atoms with Crippen molar-refractivity contribution in [1.29, 1.82) is 0 Å². The number of aliphatic hydroxyl groups is 1. The van der Waals surface area contributed by atoms with E-state index >= 15 is 0 Å². The van der Waals surface area contributed by atoms with Crippen molar-refractivity contribution in [1.82, 2.24) is 5.32 Å². The summed E-state index contributed by atoms with van der Waals surface area (Å²) >= 11 is 0. The molecule has 0 amide bonds. The molecule has 0 fully saturated rings. The van der Waals surface area contributed by atoms with E-state index in [0.29, 0.717) is 6.61 Å². The standard InChI is InChI=1S/C15H25NO3/c1-12-6-7-13(14(10-12)18-4)19-9-5-8-15(2,11-17)16-3/h6-7,10,16-17H,5,8-9,11H2,1-4H3. The first-order chi connectivity index (χ1) is 9.04. The summed E-state index contributed by atoms with van der Waals surface area (Å²) in [5, 5.41) is 12.4. The molecular weight excluding hydrogens is 242 g/mol. The molecule has 0 radical (unpaired) electrons. The fraction of sp³-hybridized carbons (Fsp3) is 0.600. The van der Waals surface area contributed by atoms with E-state index in [-0.39, 0.29) is 12.1 Å². The first kappa shape index (κ1) is 15.8. The van der Waals surface area contributed by atoms with Gasteiger partial charge < -0.3 is 19.9 Å². The van der Waals surface area contributed by atoms with E-state index in [1.165, 1.54) is 0 Å². The number of ether oxygens (including phenoxy) is 2. The van der Waals surface area contributed by atoms with Crippen LogP contribution in [0.25, 0.3) is 0 Å². The number of hydrogen-bond donors (Lipinski definition) is 2. The van der Waals surface area contributed by atoms with Gasteiger partial charge in [-0.2, -0.15) is 0 Å². The number of nitrogens with one attached hydrogen (secondary N) is 1. The molecule has 4 nitrogen and oxygen atoms in total. The minimum absolute atomic E-state index is 0.122. The molecule has 1 unspecified atom stereocenters. The van der Waals surface area contributed by atoms with Crippen molar-refractivity contribution in [3.8, 4) is 11.5 Å². The summed E-state index contributed by atoms with van der Waals surface area (Å²) in [6, 6.07) is 5.89. The lowest BCUT2D eigenvalue weighted by molar-refractivity contribution is 0.163. The van der Waals surface area contributed by atoms with Gasteiger partial charge in [0.25, 0.3) is 0 Å². The molecule has 0 aromatic heterocycles. The molecule has 0 aliphatic carbocycles. The molecule has 0 aliphatic rings. The largest absolute Gasteiger partial charge is 0.493 e. The van der Waals surface area contributed by atoms with Gasteiger partial charge in [-0.3, -0.25) is 0 Å². The average molecular weight is 267 g/mol. The van der Waals surface area contributed by atoms with E-state index in [9.17, 15) is 5.11 Å². The zero-order valence-electron chi connectivity index (χ0n) is 12.3. The maximum Gasteiger partial charge on any atom is 0.161 e. The maximum atomic E-state index is 9.29. The van der Waals surface area contributed by atoms with Crippen LogP contribution < -0.4 is 14.8 Å². The zero-order chi connectivity index (χ0) is 14.3. The molecule has 0 spiro atoms. The van der Waals surface area contributed by atoms with Crippen LogP contribution in [0.5, 0.6) is 11.5 Å². The third-order valence-electron chi connectivity index (χ3n) is 3.40. The number of aliphatic hydroxyl groups excluding tert-OH is 1. The number of hydrogen-bond acceptors (Lipinski definition) is 4. The predicted molar refractivity (Wildman–Crippen MR) is 77.0 cm³/mol. The van der Waals surface area contributed by atoms with E-state index in [2.05, 4.69) is 5.32 Å². The van der Waals surface area contributed by atoms with Crippen LogP contribution in [0.4, 0.5) is 0 Å². The third-order valence-corrected chi connectivity index (χ3v) is 3.40. The van der Waals surface area contributed by atoms with Gasteiger partial charge in [-0.1, -0.05) is 6.07 Å². The normalized spacial score (nSPS) is 13.9. The van der Waals surface area contributed by atoms with Crippen LogP contribution >= 0.6 is 0 Å². The minimum atomic E-state index is -0.235. The van der Waals surface area contributed by atoms with Gasteiger partial charge >= 0.3 is 0 Å². The van der Waals surface area contributed by atoms with Crippen molar-refractivity contribution < 1.29 is 14.6 Å². The van der Waals surface area contributed by atoms with Gasteiger partial charge in [-0.15, -0.1) is 0 Å². The second-order valence-corrected chi connectivity index (χ2v) is 5.08. The Hall–Kier alpha value is -1.26. The highest BCUT2D eigenvalue weighted by molar-refractivity contribution is 5.42. The zero-order valence-corrected chi connectivity index (χ0v) is 12.3. The second-order valence-electron chi connectivity index (χ2n) is 5.08. The number of likely N-dealkylation sites (N-methyl/N-ethyl adjacent to an activating group) is 1. The smallest absolute Gasteiger partial charge is 0.161 e. The first-order valence-electron chi connectivity index (χ1n) is 6.62. The van der Waals surface area contributed by atoms with Crippen LogP contribution in [-0.4, -0.2) is 38.0 Å². The molecule has 1 atom stereocenters. The van der Waals surface area contributed by atoms with E-state index < -0.39 is 0 Å². The van der Waals surface area contributed by atoms with Crippen LogP contribution in [-0.2, 0) is 0 Å². The van der Waals surface area contributed by atoms with Crippen LogP contribution in [0.15, 0.2) is 18.2 Å². The monoisotopic (exact) mass is 267 g/mol. The molecule has 0 saturated heterocycles. The van der Waals surface area contributed by atoms with E-state index in [0.717, 1.165) is 29.9 Å². The topological polar surface area (TPSA) is 50.7 Å². The van der Waals surface area contributed by atoms with Crippen molar-refractivity contribution in [2.75, 3.05) is 27.4 Å². The Balaban J connectivity index is 2.45. The molecule has 1 rings (SSSR count). The Morgan fingerprint density at radius 2 is 2.05 bits per heavy atom. The van der Waals surface area contributed by atoms with Crippen molar-refractivity contribution in [2.24, 2.45) is 0 Å². The van der Waals surface area contributed by atoms with Crippen molar-refractivity contribution in [2.45, 2.75) is 32.2 Å². The van der Waals surface area contributed by atoms with Crippen LogP contribution in [0, 0.1) is 6.92 Å². The predicted octanol–water partition coefficient (Wildman–Crippen LogP) is 2.13. The van der Waals surface area contributed by atoms with Crippen LogP contribution in [0.1, 0.15) is 25.3 Å². The molecular formula is C15H25NO3. The Labute approximate surface area is 115 Å². The second kappa shape index (κ2) is 7.36. The summed E-state index contributed by atoms with van der Waals surface area (Å²) in [7, 11) is 3.51. The van der Waals surface area contributed by atoms with E-state index in [1.807, 2.05) is 39.1 Å². The molecule has 0 aliphatic heterocycles. The van der Waals surface area contributed by atoms with Gasteiger partial charge in [0.15, 0.2) is 11.5 Å². The average Bonchev–Trinajstić information content (AvgIpc) is 2.44. The number of methoxy groups -OCH3 is 1. The molecule has 0 saturated carbocycles. The lowest BCUT2D eigenvalue weighted by Crippen LogP contribution is -2.43. The Bertz CT molecular complexity index is 389. The highest BCUT2D eigenvalue weighted by Gasteiger charge is 2.19. The fourth-order valence-electron chi connectivity index (χ4n) is 1.82. The van der Waals surface area contributed by atoms with Crippen molar-refractivity contribution in [3.05, 3.63) is 23.8 Å². The first-order valence-corrected chi connectivity index (χ1v) is 6.62. The fourth-order valence-corrected chi connectivity index (χ4v) is 1.82. The maximum absolute atomic E-state index is 9.29. The lowest BCUT2D eigenvalue weighted by atomic mass is 9.97. The van der Waals surface area contributed by atoms with Gasteiger partial charge in [-0.05, 0) is 51.4 Å². The summed E-state index contributed by atoms with van der Waals surface area (Å²) in [6.07, 6.45) is 1.73. The van der Waals surface area contributed by atoms with Crippen LogP contribution in [0.3, 0.4) is 0 Å². The molecule has 4 heteroatoms. The molecule has 2 N–H and O–H groups in total. The van der Waals surface area contributed by atoms with Gasteiger partial charge in [0.1, 0.15) is 0 Å². The minimum Gasteiger partial charge on any atom is -0.493 e. The molecule has 0 bridgehead atoms. The van der Waals surface area contributed by atoms with Gasteiger partial charge in [-0.25, -0.2) is 0 Å². The third kappa shape index (κ3) is 4.73. The van der Waals surface area contributed by atoms with Crippen molar-refractivity contribution in [3.63, 3.8) is 0 Å². The molecule has 0 heterocycles. The Kier molecular flexibility index (Phi) is 6.12. The van der Waals surface area contributed by atoms with Crippen LogP contribution in [0.2, 0.25) is 0 Å². The highest BCUT2D eigenvalue weighted by Crippen LogP contribution is 2.28. The summed E-state index contributed by atoms with van der Waals surface area (Å²) in [5.74, 6) is 1.53. The number of benzene rings is 1. The van der Waals surface area contributed by atoms with Gasteiger partial charge in [0.2, 0.25) is 0 Å². The van der Waals surface area contributed by atoms with Gasteiger partial charge in [0.05, 0.1) is 20.3 Å². The molecule has 108 valence electrons. The highest BCUT2D eigenvalue weighted by atomic mass is 16.5. The summed E-state index contributed by atoms with van der Waals surface area (Å²) in [6.45, 7) is 4.75. The quantitative estimate of drug-likeness (QED) is 0.709. The van der Waals surface area contributed by atoms with Gasteiger partial charge in [0, 0.05) is 5.54 Å². The molecule has 1 aromatic carbocycles. The Morgan fingerprint density at radius 1 is 1.32 bits per heavy atom. The van der Waals surface area contributed by atoms with E-state index in [1.54, 1.807) is 7.11 Å². The number of rotatable bonds is 8. The number of aryl methyl sites for hydroxylation is 1. The van der Waals surface area contributed by atoms with Crippen molar-refractivity contribution >= 4 is 0 Å². The summed E-state index contributed by atoms with van der Waals surface area (Å²) < 4.78 is 11.0. The lowest BCUT2D eigenvalue weighted by Gasteiger charge is -2.26.